The molecule has 0 spiro atoms. The van der Waals surface area contributed by atoms with Gasteiger partial charge in [0.05, 0.1) is 12.2 Å². The van der Waals surface area contributed by atoms with Gasteiger partial charge < -0.3 is 20.3 Å². The van der Waals surface area contributed by atoms with Crippen LogP contribution in [0.3, 0.4) is 0 Å². The molecule has 6 nitrogen and oxygen atoms in total. The normalized spacial score (nSPS) is 22.3. The molecule has 0 bridgehead atoms. The first-order valence-electron chi connectivity index (χ1n) is 7.69. The number of hydrogen-bond donors (Lipinski definition) is 3. The third kappa shape index (κ3) is 4.74. The molecule has 1 heterocycles. The number of carbonyl (C=O) groups excluding carboxylic acids is 1. The number of carbonyl (C=O) groups is 1. The maximum absolute atomic E-state index is 11.8. The molecule has 21 heavy (non-hydrogen) atoms. The molecule has 1 fully saturated rings. The van der Waals surface area contributed by atoms with Crippen LogP contribution in [0.2, 0.25) is 0 Å². The molecule has 1 aromatic rings. The summed E-state index contributed by atoms with van der Waals surface area (Å²) in [5.41, 5.74) is 0.898. The Bertz CT molecular complexity index is 451. The molecule has 1 aliphatic carbocycles. The third-order valence-electron chi connectivity index (χ3n) is 4.03. The van der Waals surface area contributed by atoms with E-state index in [-0.39, 0.29) is 18.7 Å². The lowest BCUT2D eigenvalue weighted by Gasteiger charge is -2.27. The molecule has 3 N–H and O–H groups in total. The van der Waals surface area contributed by atoms with Crippen LogP contribution in [-0.2, 0) is 6.54 Å². The monoisotopic (exact) mass is 295 g/mol. The zero-order valence-electron chi connectivity index (χ0n) is 12.8. The Morgan fingerprint density at radius 2 is 2.14 bits per heavy atom. The predicted molar refractivity (Wildman–Crippen MR) is 78.8 cm³/mol. The predicted octanol–water partition coefficient (Wildman–Crippen LogP) is 2.15. The fourth-order valence-electron chi connectivity index (χ4n) is 2.58. The molecule has 0 atom stereocenters. The summed E-state index contributed by atoms with van der Waals surface area (Å²) in [6.45, 7) is 4.69. The average Bonchev–Trinajstić information content (AvgIpc) is 2.95. The van der Waals surface area contributed by atoms with E-state index >= 15 is 0 Å². The van der Waals surface area contributed by atoms with Gasteiger partial charge in [-0.25, -0.2) is 4.79 Å². The number of hydrogen-bond acceptors (Lipinski definition) is 4. The topological polar surface area (TPSA) is 87.4 Å². The second kappa shape index (κ2) is 7.45. The Kier molecular flexibility index (Phi) is 5.61. The van der Waals surface area contributed by atoms with Crippen LogP contribution in [0.15, 0.2) is 10.6 Å². The van der Waals surface area contributed by atoms with Crippen molar-refractivity contribution in [2.24, 2.45) is 5.92 Å². The van der Waals surface area contributed by atoms with Crippen LogP contribution in [0.1, 0.15) is 56.9 Å². The Hall–Kier alpha value is -1.56. The van der Waals surface area contributed by atoms with Gasteiger partial charge in [0.15, 0.2) is 5.76 Å². The van der Waals surface area contributed by atoms with E-state index in [9.17, 15) is 4.79 Å². The zero-order chi connectivity index (χ0) is 15.2. The lowest BCUT2D eigenvalue weighted by molar-refractivity contribution is 0.174. The molecular formula is C15H25N3O3. The lowest BCUT2D eigenvalue weighted by Crippen LogP contribution is -2.43. The number of aliphatic hydroxyl groups excluding tert-OH is 1. The van der Waals surface area contributed by atoms with Gasteiger partial charge in [-0.3, -0.25) is 0 Å². The van der Waals surface area contributed by atoms with Crippen LogP contribution in [0.25, 0.3) is 0 Å². The molecule has 0 radical (unpaired) electrons. The molecule has 2 amide bonds. The molecule has 0 unspecified atom stereocenters. The number of amides is 2. The number of rotatable bonds is 5. The highest BCUT2D eigenvalue weighted by molar-refractivity contribution is 5.74. The van der Waals surface area contributed by atoms with Gasteiger partial charge in [-0.1, -0.05) is 19.0 Å². The van der Waals surface area contributed by atoms with E-state index < -0.39 is 0 Å². The Morgan fingerprint density at radius 3 is 2.71 bits per heavy atom. The first-order valence-corrected chi connectivity index (χ1v) is 7.69. The highest BCUT2D eigenvalue weighted by Gasteiger charge is 2.21. The van der Waals surface area contributed by atoms with Gasteiger partial charge in [-0.2, -0.15) is 0 Å². The van der Waals surface area contributed by atoms with E-state index in [0.29, 0.717) is 24.1 Å². The van der Waals surface area contributed by atoms with Crippen molar-refractivity contribution in [2.45, 2.75) is 58.0 Å². The maximum atomic E-state index is 11.8. The average molecular weight is 295 g/mol. The summed E-state index contributed by atoms with van der Waals surface area (Å²) < 4.78 is 5.17. The van der Waals surface area contributed by atoms with E-state index in [1.54, 1.807) is 0 Å². The van der Waals surface area contributed by atoms with Crippen molar-refractivity contribution >= 4 is 6.03 Å². The van der Waals surface area contributed by atoms with Gasteiger partial charge in [0.2, 0.25) is 0 Å². The van der Waals surface area contributed by atoms with Crippen molar-refractivity contribution in [3.05, 3.63) is 17.5 Å². The molecule has 0 aromatic carbocycles. The van der Waals surface area contributed by atoms with Crippen LogP contribution < -0.4 is 10.6 Å². The second-order valence-electron chi connectivity index (χ2n) is 6.10. The van der Waals surface area contributed by atoms with Crippen LogP contribution in [0.5, 0.6) is 0 Å². The van der Waals surface area contributed by atoms with Crippen molar-refractivity contribution in [1.29, 1.82) is 0 Å². The quantitative estimate of drug-likeness (QED) is 0.776. The van der Waals surface area contributed by atoms with Crippen LogP contribution in [0, 0.1) is 5.92 Å². The fourth-order valence-corrected chi connectivity index (χ4v) is 2.58. The fraction of sp³-hybridized carbons (Fsp3) is 0.733. The summed E-state index contributed by atoms with van der Waals surface area (Å²) in [5, 5.41) is 18.8. The van der Waals surface area contributed by atoms with Crippen LogP contribution in [0.4, 0.5) is 4.79 Å². The third-order valence-corrected chi connectivity index (χ3v) is 4.03. The smallest absolute Gasteiger partial charge is 0.315 e. The number of aliphatic hydroxyl groups is 1. The number of nitrogens with one attached hydrogen (secondary N) is 2. The number of aromatic nitrogens is 1. The van der Waals surface area contributed by atoms with Gasteiger partial charge in [-0.15, -0.1) is 0 Å². The van der Waals surface area contributed by atoms with Gasteiger partial charge in [0, 0.05) is 18.7 Å². The molecule has 2 rings (SSSR count). The summed E-state index contributed by atoms with van der Waals surface area (Å²) in [4.78, 5) is 11.8. The largest absolute Gasteiger partial charge is 0.396 e. The zero-order valence-corrected chi connectivity index (χ0v) is 12.8. The molecular weight excluding hydrogens is 270 g/mol. The van der Waals surface area contributed by atoms with Crippen molar-refractivity contribution in [2.75, 3.05) is 6.61 Å². The molecule has 1 aromatic heterocycles. The van der Waals surface area contributed by atoms with Gasteiger partial charge in [0.1, 0.15) is 0 Å². The van der Waals surface area contributed by atoms with E-state index in [1.165, 1.54) is 0 Å². The summed E-state index contributed by atoms with van der Waals surface area (Å²) in [5.74, 6) is 1.38. The van der Waals surface area contributed by atoms with Gasteiger partial charge in [-0.05, 0) is 37.5 Å². The lowest BCUT2D eigenvalue weighted by atomic mass is 9.87. The van der Waals surface area contributed by atoms with E-state index in [2.05, 4.69) is 15.8 Å². The highest BCUT2D eigenvalue weighted by Crippen LogP contribution is 2.23. The molecule has 0 aliphatic heterocycles. The summed E-state index contributed by atoms with van der Waals surface area (Å²) in [6, 6.07) is 1.90. The molecule has 1 aliphatic rings. The molecule has 118 valence electrons. The Labute approximate surface area is 125 Å². The van der Waals surface area contributed by atoms with Crippen molar-refractivity contribution in [3.63, 3.8) is 0 Å². The van der Waals surface area contributed by atoms with E-state index in [0.717, 1.165) is 31.4 Å². The first-order chi connectivity index (χ1) is 10.1. The highest BCUT2D eigenvalue weighted by atomic mass is 16.5. The van der Waals surface area contributed by atoms with Crippen molar-refractivity contribution < 1.29 is 14.4 Å². The molecule has 1 saturated carbocycles. The summed E-state index contributed by atoms with van der Waals surface area (Å²) in [7, 11) is 0. The SMILES string of the molecule is CC(C)c1cc(CNC(=O)NC2CCC(CO)CC2)on1. The minimum Gasteiger partial charge on any atom is -0.396 e. The van der Waals surface area contributed by atoms with Crippen molar-refractivity contribution in [1.82, 2.24) is 15.8 Å². The Morgan fingerprint density at radius 1 is 1.43 bits per heavy atom. The van der Waals surface area contributed by atoms with E-state index in [1.807, 2.05) is 19.9 Å². The Balaban J connectivity index is 1.70. The maximum Gasteiger partial charge on any atom is 0.315 e. The van der Waals surface area contributed by atoms with Crippen LogP contribution in [-0.4, -0.2) is 28.9 Å². The van der Waals surface area contributed by atoms with Gasteiger partial charge >= 0.3 is 6.03 Å². The standard InChI is InChI=1S/C15H25N3O3/c1-10(2)14-7-13(21-18-14)8-16-15(20)17-12-5-3-11(9-19)4-6-12/h7,10-12,19H,3-6,8-9H2,1-2H3,(H2,16,17,20). The summed E-state index contributed by atoms with van der Waals surface area (Å²) >= 11 is 0. The number of urea groups is 1. The van der Waals surface area contributed by atoms with Gasteiger partial charge in [0.25, 0.3) is 0 Å². The van der Waals surface area contributed by atoms with Crippen molar-refractivity contribution in [3.8, 4) is 0 Å². The summed E-state index contributed by atoms with van der Waals surface area (Å²) in [6.07, 6.45) is 3.81. The van der Waals surface area contributed by atoms with Crippen LogP contribution >= 0.6 is 0 Å². The second-order valence-corrected chi connectivity index (χ2v) is 6.10. The minimum absolute atomic E-state index is 0.176. The number of nitrogens with zero attached hydrogens (tertiary/aromatic N) is 1. The van der Waals surface area contributed by atoms with E-state index in [4.69, 9.17) is 9.63 Å². The molecule has 0 saturated heterocycles. The minimum atomic E-state index is -0.176. The first kappa shape index (κ1) is 15.8. The molecule has 6 heteroatoms.